The van der Waals surface area contributed by atoms with Gasteiger partial charge in [0.1, 0.15) is 5.82 Å². The molecule has 0 atom stereocenters. The summed E-state index contributed by atoms with van der Waals surface area (Å²) >= 11 is 0. The second-order valence-corrected chi connectivity index (χ2v) is 6.72. The molecule has 2 aromatic carbocycles. The number of hydrogen-bond acceptors (Lipinski definition) is 4. The van der Waals surface area contributed by atoms with E-state index in [1.807, 2.05) is 24.5 Å². The van der Waals surface area contributed by atoms with Crippen LogP contribution in [-0.2, 0) is 0 Å². The second kappa shape index (κ2) is 7.35. The Bertz CT molecular complexity index is 1100. The summed E-state index contributed by atoms with van der Waals surface area (Å²) in [5, 5.41) is 0. The zero-order valence-electron chi connectivity index (χ0n) is 16.1. The summed E-state index contributed by atoms with van der Waals surface area (Å²) in [4.78, 5) is 12.7. The number of aromatic nitrogens is 1. The van der Waals surface area contributed by atoms with E-state index in [2.05, 4.69) is 17.4 Å². The molecule has 2 N–H and O–H groups in total. The van der Waals surface area contributed by atoms with Gasteiger partial charge in [-0.15, -0.1) is 0 Å². The van der Waals surface area contributed by atoms with Crippen LogP contribution in [0.1, 0.15) is 27.3 Å². The maximum absolute atomic E-state index is 13.2. The fourth-order valence-corrected chi connectivity index (χ4v) is 3.34. The van der Waals surface area contributed by atoms with Crippen LogP contribution in [0, 0.1) is 19.7 Å². The Morgan fingerprint density at radius 1 is 1.03 bits per heavy atom. The molecule has 1 aliphatic heterocycles. The van der Waals surface area contributed by atoms with Crippen LogP contribution in [0.2, 0.25) is 0 Å². The van der Waals surface area contributed by atoms with Crippen molar-refractivity contribution >= 4 is 11.6 Å². The van der Waals surface area contributed by atoms with E-state index < -0.39 is 0 Å². The molecule has 0 aliphatic carbocycles. The van der Waals surface area contributed by atoms with E-state index in [0.717, 1.165) is 22.6 Å². The second-order valence-electron chi connectivity index (χ2n) is 6.72. The van der Waals surface area contributed by atoms with Crippen molar-refractivity contribution in [1.82, 2.24) is 15.4 Å². The molecule has 2 heterocycles. The Morgan fingerprint density at radius 2 is 1.76 bits per heavy atom. The number of hydrogen-bond donors (Lipinski definition) is 2. The number of fused-ring (bicyclic) bond motifs is 1. The van der Waals surface area contributed by atoms with Gasteiger partial charge >= 0.3 is 0 Å². The van der Waals surface area contributed by atoms with Gasteiger partial charge in [0.15, 0.2) is 11.5 Å². The molecule has 148 valence electrons. The molecule has 7 heteroatoms. The topological polar surface area (TPSA) is 64.5 Å². The van der Waals surface area contributed by atoms with E-state index in [1.165, 1.54) is 12.1 Å². The summed E-state index contributed by atoms with van der Waals surface area (Å²) < 4.78 is 25.8. The molecule has 0 bridgehead atoms. The molecule has 1 aromatic heterocycles. The van der Waals surface area contributed by atoms with Crippen LogP contribution in [0.3, 0.4) is 0 Å². The number of nitrogens with one attached hydrogen (secondary N) is 2. The summed E-state index contributed by atoms with van der Waals surface area (Å²) in [6.07, 6.45) is 0. The van der Waals surface area contributed by atoms with Crippen LogP contribution in [0.25, 0.3) is 11.4 Å². The Hall–Kier alpha value is -3.74. The van der Waals surface area contributed by atoms with Gasteiger partial charge in [-0.05, 0) is 62.4 Å². The number of aryl methyl sites for hydroxylation is 1. The number of hydrazine groups is 1. The third-order valence-corrected chi connectivity index (χ3v) is 4.81. The summed E-state index contributed by atoms with van der Waals surface area (Å²) in [6.45, 7) is 7.89. The minimum Gasteiger partial charge on any atom is -0.454 e. The maximum Gasteiger partial charge on any atom is 0.271 e. The van der Waals surface area contributed by atoms with Gasteiger partial charge in [-0.2, -0.15) is 0 Å². The molecular formula is C22H20FN3O3. The number of ether oxygens (including phenoxy) is 2. The van der Waals surface area contributed by atoms with Crippen molar-refractivity contribution in [2.75, 3.05) is 6.79 Å². The van der Waals surface area contributed by atoms with Crippen LogP contribution in [0.5, 0.6) is 11.5 Å². The smallest absolute Gasteiger partial charge is 0.271 e. The van der Waals surface area contributed by atoms with Crippen molar-refractivity contribution in [3.63, 3.8) is 0 Å². The molecule has 1 amide bonds. The first kappa shape index (κ1) is 18.6. The largest absolute Gasteiger partial charge is 0.454 e. The minimum absolute atomic E-state index is 0.194. The number of carbonyl (C=O) groups excluding carboxylic acids is 1. The zero-order valence-corrected chi connectivity index (χ0v) is 16.1. The minimum atomic E-state index is -0.305. The molecule has 29 heavy (non-hydrogen) atoms. The fourth-order valence-electron chi connectivity index (χ4n) is 3.34. The van der Waals surface area contributed by atoms with Gasteiger partial charge in [-0.25, -0.2) is 4.39 Å². The summed E-state index contributed by atoms with van der Waals surface area (Å²) in [7, 11) is 0. The number of nitrogens with zero attached hydrogens (tertiary/aromatic N) is 1. The first-order valence-electron chi connectivity index (χ1n) is 9.04. The molecule has 3 aromatic rings. The highest BCUT2D eigenvalue weighted by atomic mass is 19.1. The van der Waals surface area contributed by atoms with Crippen molar-refractivity contribution in [3.05, 3.63) is 83.4 Å². The molecule has 6 nitrogen and oxygen atoms in total. The lowest BCUT2D eigenvalue weighted by molar-refractivity contribution is 0.0942. The van der Waals surface area contributed by atoms with Gasteiger partial charge in [0.05, 0.1) is 11.3 Å². The van der Waals surface area contributed by atoms with Crippen molar-refractivity contribution in [1.29, 1.82) is 0 Å². The van der Waals surface area contributed by atoms with E-state index in [1.54, 1.807) is 30.3 Å². The molecule has 0 radical (unpaired) electrons. The Balaban J connectivity index is 1.48. The third-order valence-electron chi connectivity index (χ3n) is 4.81. The predicted molar refractivity (Wildman–Crippen MR) is 107 cm³/mol. The third kappa shape index (κ3) is 3.54. The van der Waals surface area contributed by atoms with E-state index in [4.69, 9.17) is 9.47 Å². The molecule has 0 saturated heterocycles. The van der Waals surface area contributed by atoms with Crippen LogP contribution in [0.15, 0.2) is 55.1 Å². The highest BCUT2D eigenvalue weighted by molar-refractivity contribution is 5.96. The predicted octanol–water partition coefficient (Wildman–Crippen LogP) is 3.87. The van der Waals surface area contributed by atoms with E-state index >= 15 is 0 Å². The lowest BCUT2D eigenvalue weighted by Crippen LogP contribution is -2.36. The summed E-state index contributed by atoms with van der Waals surface area (Å²) in [5.74, 6) is 0.715. The van der Waals surface area contributed by atoms with Gasteiger partial charge in [-0.1, -0.05) is 6.58 Å². The normalized spacial score (nSPS) is 12.0. The lowest BCUT2D eigenvalue weighted by atomic mass is 10.1. The van der Waals surface area contributed by atoms with Crippen molar-refractivity contribution < 1.29 is 18.7 Å². The molecule has 0 spiro atoms. The first-order valence-corrected chi connectivity index (χ1v) is 9.04. The molecule has 4 rings (SSSR count). The fraction of sp³-hybridized carbons (Fsp3) is 0.136. The zero-order chi connectivity index (χ0) is 20.5. The van der Waals surface area contributed by atoms with Crippen LogP contribution >= 0.6 is 0 Å². The Morgan fingerprint density at radius 3 is 2.52 bits per heavy atom. The van der Waals surface area contributed by atoms with Gasteiger partial charge in [0, 0.05) is 22.6 Å². The van der Waals surface area contributed by atoms with Crippen molar-refractivity contribution in [3.8, 4) is 17.2 Å². The molecule has 0 fully saturated rings. The highest BCUT2D eigenvalue weighted by Crippen LogP contribution is 2.33. The summed E-state index contributed by atoms with van der Waals surface area (Å²) in [6, 6.07) is 13.4. The average Bonchev–Trinajstić information content (AvgIpc) is 3.30. The maximum atomic E-state index is 13.2. The number of halogens is 1. The number of amides is 1. The lowest BCUT2D eigenvalue weighted by Gasteiger charge is -2.12. The quantitative estimate of drug-likeness (QED) is 0.646. The SMILES string of the molecule is C=C(NNC(=O)c1cc(C)n(-c2ccc(F)cc2)c1C)c1ccc2c(c1)OCO2. The highest BCUT2D eigenvalue weighted by Gasteiger charge is 2.18. The van der Waals surface area contributed by atoms with Crippen LogP contribution in [-0.4, -0.2) is 17.3 Å². The van der Waals surface area contributed by atoms with Gasteiger partial charge in [-0.3, -0.25) is 15.6 Å². The van der Waals surface area contributed by atoms with E-state index in [0.29, 0.717) is 22.8 Å². The first-order chi connectivity index (χ1) is 13.9. The van der Waals surface area contributed by atoms with Gasteiger partial charge < -0.3 is 14.0 Å². The standard InChI is InChI=1S/C22H20FN3O3/c1-13-10-19(15(3)26(13)18-7-5-17(23)6-8-18)22(27)25-24-14(2)16-4-9-20-21(11-16)29-12-28-20/h4-11,24H,2,12H2,1,3H3,(H,25,27). The summed E-state index contributed by atoms with van der Waals surface area (Å²) in [5.41, 5.74) is 9.73. The number of rotatable bonds is 5. The number of carbonyl (C=O) groups is 1. The van der Waals surface area contributed by atoms with Crippen LogP contribution < -0.4 is 20.3 Å². The van der Waals surface area contributed by atoms with Gasteiger partial charge in [0.25, 0.3) is 5.91 Å². The van der Waals surface area contributed by atoms with E-state index in [9.17, 15) is 9.18 Å². The van der Waals surface area contributed by atoms with Gasteiger partial charge in [0.2, 0.25) is 6.79 Å². The Kier molecular flexibility index (Phi) is 4.72. The monoisotopic (exact) mass is 393 g/mol. The molecule has 1 aliphatic rings. The molecule has 0 saturated carbocycles. The number of benzene rings is 2. The van der Waals surface area contributed by atoms with E-state index in [-0.39, 0.29) is 18.5 Å². The van der Waals surface area contributed by atoms with Crippen molar-refractivity contribution in [2.45, 2.75) is 13.8 Å². The Labute approximate surface area is 167 Å². The van der Waals surface area contributed by atoms with Crippen molar-refractivity contribution in [2.24, 2.45) is 0 Å². The van der Waals surface area contributed by atoms with Crippen LogP contribution in [0.4, 0.5) is 4.39 Å². The molecular weight excluding hydrogens is 373 g/mol. The average molecular weight is 393 g/mol. The molecule has 0 unspecified atom stereocenters.